The van der Waals surface area contributed by atoms with Gasteiger partial charge in [0.25, 0.3) is 0 Å². The van der Waals surface area contributed by atoms with Crippen LogP contribution in [0.15, 0.2) is 48.5 Å². The molecule has 0 saturated carbocycles. The van der Waals surface area contributed by atoms with Gasteiger partial charge in [-0.05, 0) is 60.9 Å². The maximum atomic E-state index is 12.2. The topological polar surface area (TPSA) is 64.6 Å². The molecule has 0 saturated heterocycles. The molecule has 0 spiro atoms. The van der Waals surface area contributed by atoms with E-state index in [1.54, 1.807) is 55.5 Å². The zero-order chi connectivity index (χ0) is 18.9. The molecule has 138 valence electrons. The van der Waals surface area contributed by atoms with Crippen LogP contribution in [0.3, 0.4) is 0 Å². The van der Waals surface area contributed by atoms with Crippen LogP contribution in [0.2, 0.25) is 0 Å². The summed E-state index contributed by atoms with van der Waals surface area (Å²) >= 11 is 0. The zero-order valence-corrected chi connectivity index (χ0v) is 15.5. The first-order valence-corrected chi connectivity index (χ1v) is 8.83. The van der Waals surface area contributed by atoms with Crippen LogP contribution in [-0.4, -0.2) is 18.5 Å². The average molecular weight is 355 g/mol. The van der Waals surface area contributed by atoms with E-state index in [4.69, 9.17) is 9.47 Å². The normalized spacial score (nSPS) is 10.5. The lowest BCUT2D eigenvalue weighted by Gasteiger charge is -2.09. The molecule has 0 aliphatic heterocycles. The van der Waals surface area contributed by atoms with Crippen molar-refractivity contribution in [1.29, 1.82) is 0 Å². The summed E-state index contributed by atoms with van der Waals surface area (Å²) in [6.45, 7) is 6.73. The highest BCUT2D eigenvalue weighted by Crippen LogP contribution is 2.19. The van der Waals surface area contributed by atoms with Crippen LogP contribution in [0.1, 0.15) is 44.0 Å². The molecule has 2 aromatic carbocycles. The molecule has 5 nitrogen and oxygen atoms in total. The fourth-order valence-corrected chi connectivity index (χ4v) is 2.12. The molecule has 0 radical (unpaired) electrons. The SMILES string of the molecule is CCC(=O)Nc1ccc(OC(=O)c2ccc(OCCC(C)C)cc2)cc1. The van der Waals surface area contributed by atoms with Gasteiger partial charge in [-0.1, -0.05) is 20.8 Å². The minimum Gasteiger partial charge on any atom is -0.494 e. The van der Waals surface area contributed by atoms with E-state index in [-0.39, 0.29) is 5.91 Å². The van der Waals surface area contributed by atoms with E-state index < -0.39 is 5.97 Å². The van der Waals surface area contributed by atoms with Crippen molar-refractivity contribution in [3.8, 4) is 11.5 Å². The van der Waals surface area contributed by atoms with Crippen molar-refractivity contribution < 1.29 is 19.1 Å². The van der Waals surface area contributed by atoms with Crippen molar-refractivity contribution >= 4 is 17.6 Å². The molecule has 1 amide bonds. The molecule has 0 fully saturated rings. The van der Waals surface area contributed by atoms with E-state index in [0.29, 0.717) is 35.9 Å². The first-order chi connectivity index (χ1) is 12.5. The van der Waals surface area contributed by atoms with E-state index in [0.717, 1.165) is 12.2 Å². The first kappa shape index (κ1) is 19.5. The van der Waals surface area contributed by atoms with E-state index in [1.807, 2.05) is 0 Å². The number of benzene rings is 2. The third kappa shape index (κ3) is 6.24. The van der Waals surface area contributed by atoms with E-state index in [9.17, 15) is 9.59 Å². The second kappa shape index (κ2) is 9.61. The molecule has 26 heavy (non-hydrogen) atoms. The number of ether oxygens (including phenoxy) is 2. The second-order valence-electron chi connectivity index (χ2n) is 6.37. The van der Waals surface area contributed by atoms with Gasteiger partial charge in [-0.2, -0.15) is 0 Å². The van der Waals surface area contributed by atoms with Gasteiger partial charge in [0.15, 0.2) is 0 Å². The van der Waals surface area contributed by atoms with Gasteiger partial charge >= 0.3 is 5.97 Å². The van der Waals surface area contributed by atoms with Gasteiger partial charge in [0, 0.05) is 12.1 Å². The molecule has 0 atom stereocenters. The van der Waals surface area contributed by atoms with Crippen molar-refractivity contribution in [2.24, 2.45) is 5.92 Å². The zero-order valence-electron chi connectivity index (χ0n) is 15.5. The van der Waals surface area contributed by atoms with Gasteiger partial charge in [-0.3, -0.25) is 4.79 Å². The number of hydrogen-bond donors (Lipinski definition) is 1. The molecule has 0 unspecified atom stereocenters. The summed E-state index contributed by atoms with van der Waals surface area (Å²) in [5.41, 5.74) is 1.11. The molecule has 0 aromatic heterocycles. The van der Waals surface area contributed by atoms with Crippen LogP contribution in [-0.2, 0) is 4.79 Å². The standard InChI is InChI=1S/C21H25NO4/c1-4-20(23)22-17-7-11-19(12-8-17)26-21(24)16-5-9-18(10-6-16)25-14-13-15(2)3/h5-12,15H,4,13-14H2,1-3H3,(H,22,23). The molecular weight excluding hydrogens is 330 g/mol. The van der Waals surface area contributed by atoms with E-state index >= 15 is 0 Å². The summed E-state index contributed by atoms with van der Waals surface area (Å²) < 4.78 is 11.0. The Labute approximate surface area is 154 Å². The van der Waals surface area contributed by atoms with Crippen molar-refractivity contribution in [3.05, 3.63) is 54.1 Å². The van der Waals surface area contributed by atoms with Crippen LogP contribution in [0.25, 0.3) is 0 Å². The Morgan fingerprint density at radius 1 is 0.962 bits per heavy atom. The summed E-state index contributed by atoms with van der Waals surface area (Å²) in [6, 6.07) is 13.6. The lowest BCUT2D eigenvalue weighted by Crippen LogP contribution is -2.10. The number of hydrogen-bond acceptors (Lipinski definition) is 4. The number of nitrogens with one attached hydrogen (secondary N) is 1. The van der Waals surface area contributed by atoms with Gasteiger partial charge < -0.3 is 14.8 Å². The average Bonchev–Trinajstić information content (AvgIpc) is 2.63. The highest BCUT2D eigenvalue weighted by molar-refractivity contribution is 5.92. The maximum Gasteiger partial charge on any atom is 0.343 e. The smallest absolute Gasteiger partial charge is 0.343 e. The molecule has 2 aromatic rings. The summed E-state index contributed by atoms with van der Waals surface area (Å²) in [5, 5.41) is 2.74. The monoisotopic (exact) mass is 355 g/mol. The van der Waals surface area contributed by atoms with Gasteiger partial charge in [0.2, 0.25) is 5.91 Å². The molecule has 0 heterocycles. The van der Waals surface area contributed by atoms with Gasteiger partial charge in [0.05, 0.1) is 12.2 Å². The molecule has 5 heteroatoms. The van der Waals surface area contributed by atoms with Crippen molar-refractivity contribution in [3.63, 3.8) is 0 Å². The molecule has 0 aliphatic rings. The van der Waals surface area contributed by atoms with Crippen LogP contribution < -0.4 is 14.8 Å². The minimum absolute atomic E-state index is 0.0644. The van der Waals surface area contributed by atoms with Crippen molar-refractivity contribution in [2.45, 2.75) is 33.6 Å². The Hall–Kier alpha value is -2.82. The molecule has 1 N–H and O–H groups in total. The first-order valence-electron chi connectivity index (χ1n) is 8.83. The van der Waals surface area contributed by atoms with E-state index in [2.05, 4.69) is 19.2 Å². The quantitative estimate of drug-likeness (QED) is 0.552. The third-order valence-electron chi connectivity index (χ3n) is 3.72. The van der Waals surface area contributed by atoms with Gasteiger partial charge in [-0.15, -0.1) is 0 Å². The molecule has 0 bridgehead atoms. The van der Waals surface area contributed by atoms with Crippen molar-refractivity contribution in [1.82, 2.24) is 0 Å². The second-order valence-corrected chi connectivity index (χ2v) is 6.37. The lowest BCUT2D eigenvalue weighted by atomic mass is 10.1. The predicted molar refractivity (Wildman–Crippen MR) is 102 cm³/mol. The number of rotatable bonds is 8. The summed E-state index contributed by atoms with van der Waals surface area (Å²) in [6.07, 6.45) is 1.40. The van der Waals surface area contributed by atoms with Crippen LogP contribution in [0, 0.1) is 5.92 Å². The highest BCUT2D eigenvalue weighted by Gasteiger charge is 2.09. The molecule has 2 rings (SSSR count). The Morgan fingerprint density at radius 2 is 1.58 bits per heavy atom. The maximum absolute atomic E-state index is 12.2. The fourth-order valence-electron chi connectivity index (χ4n) is 2.12. The van der Waals surface area contributed by atoms with Gasteiger partial charge in [0.1, 0.15) is 11.5 Å². The Bertz CT molecular complexity index is 721. The number of anilines is 1. The summed E-state index contributed by atoms with van der Waals surface area (Å²) in [5.74, 6) is 1.24. The van der Waals surface area contributed by atoms with Gasteiger partial charge in [-0.25, -0.2) is 4.79 Å². The Balaban J connectivity index is 1.89. The van der Waals surface area contributed by atoms with E-state index in [1.165, 1.54) is 0 Å². The summed E-state index contributed by atoms with van der Waals surface area (Å²) in [4.78, 5) is 23.6. The number of esters is 1. The predicted octanol–water partition coefficient (Wildman–Crippen LogP) is 4.68. The Morgan fingerprint density at radius 3 is 2.15 bits per heavy atom. The minimum atomic E-state index is -0.441. The lowest BCUT2D eigenvalue weighted by molar-refractivity contribution is -0.115. The molecule has 0 aliphatic carbocycles. The third-order valence-corrected chi connectivity index (χ3v) is 3.72. The fraction of sp³-hybridized carbons (Fsp3) is 0.333. The number of amides is 1. The number of carbonyl (C=O) groups is 2. The summed E-state index contributed by atoms with van der Waals surface area (Å²) in [7, 11) is 0. The largest absolute Gasteiger partial charge is 0.494 e. The Kier molecular flexibility index (Phi) is 7.21. The number of carbonyl (C=O) groups excluding carboxylic acids is 2. The van der Waals surface area contributed by atoms with Crippen LogP contribution in [0.5, 0.6) is 11.5 Å². The van der Waals surface area contributed by atoms with Crippen molar-refractivity contribution in [2.75, 3.05) is 11.9 Å². The van der Waals surface area contributed by atoms with Crippen LogP contribution >= 0.6 is 0 Å². The van der Waals surface area contributed by atoms with Crippen LogP contribution in [0.4, 0.5) is 5.69 Å². The molecular formula is C21H25NO4. The highest BCUT2D eigenvalue weighted by atomic mass is 16.5.